The molecular weight excluding hydrogens is 230 g/mol. The van der Waals surface area contributed by atoms with Gasteiger partial charge in [-0.2, -0.15) is 0 Å². The first-order chi connectivity index (χ1) is 8.54. The van der Waals surface area contributed by atoms with Gasteiger partial charge in [0.05, 0.1) is 18.4 Å². The Morgan fingerprint density at radius 2 is 2.06 bits per heavy atom. The first-order valence-electron chi connectivity index (χ1n) is 6.17. The van der Waals surface area contributed by atoms with Crippen LogP contribution in [0.1, 0.15) is 32.4 Å². The molecule has 2 rings (SSSR count). The quantitative estimate of drug-likeness (QED) is 0.631. The van der Waals surface area contributed by atoms with Crippen LogP contribution in [-0.4, -0.2) is 29.1 Å². The van der Waals surface area contributed by atoms with Crippen molar-refractivity contribution in [3.05, 3.63) is 24.0 Å². The van der Waals surface area contributed by atoms with Crippen LogP contribution in [0.25, 0.3) is 0 Å². The molecule has 5 nitrogen and oxygen atoms in total. The number of nitrogen functional groups attached to an aromatic ring is 1. The molecule has 0 aromatic carbocycles. The van der Waals surface area contributed by atoms with Crippen LogP contribution in [-0.2, 0) is 4.74 Å². The number of hydrogen-bond acceptors (Lipinski definition) is 4. The predicted octanol–water partition coefficient (Wildman–Crippen LogP) is 1.70. The van der Waals surface area contributed by atoms with Gasteiger partial charge in [-0.3, -0.25) is 5.41 Å². The molecule has 2 atom stereocenters. The smallest absolute Gasteiger partial charge is 0.141 e. The second-order valence-corrected chi connectivity index (χ2v) is 4.76. The van der Waals surface area contributed by atoms with E-state index in [1.54, 1.807) is 18.3 Å². The van der Waals surface area contributed by atoms with Gasteiger partial charge in [-0.15, -0.1) is 0 Å². The minimum absolute atomic E-state index is 0.0325. The molecule has 2 unspecified atom stereocenters. The first kappa shape index (κ1) is 12.8. The second kappa shape index (κ2) is 5.35. The summed E-state index contributed by atoms with van der Waals surface area (Å²) < 4.78 is 11.5. The highest BCUT2D eigenvalue weighted by Gasteiger charge is 2.25. The van der Waals surface area contributed by atoms with Crippen LogP contribution in [0.15, 0.2) is 18.3 Å². The molecule has 1 fully saturated rings. The standard InChI is InChI=1S/C13H19N3O2/c1-8-5-11(6-9(2)17-8)18-10-3-4-12(13(14)15)16-7-10/h3-4,7-9,11H,5-6H2,1-2H3,(H3,14,15). The molecule has 1 aromatic heterocycles. The van der Waals surface area contributed by atoms with Gasteiger partial charge in [-0.05, 0) is 26.0 Å². The molecule has 0 bridgehead atoms. The van der Waals surface area contributed by atoms with Crippen LogP contribution in [0.3, 0.4) is 0 Å². The van der Waals surface area contributed by atoms with E-state index in [9.17, 15) is 0 Å². The van der Waals surface area contributed by atoms with Crippen molar-refractivity contribution in [1.82, 2.24) is 4.98 Å². The largest absolute Gasteiger partial charge is 0.489 e. The van der Waals surface area contributed by atoms with Crippen molar-refractivity contribution in [2.24, 2.45) is 5.73 Å². The van der Waals surface area contributed by atoms with E-state index >= 15 is 0 Å². The number of nitrogens with two attached hydrogens (primary N) is 1. The number of nitrogens with one attached hydrogen (secondary N) is 1. The molecule has 1 aliphatic heterocycles. The molecule has 0 radical (unpaired) electrons. The molecular formula is C13H19N3O2. The van der Waals surface area contributed by atoms with Crippen molar-refractivity contribution in [3.63, 3.8) is 0 Å². The Morgan fingerprint density at radius 3 is 2.56 bits per heavy atom. The molecule has 1 saturated heterocycles. The average Bonchev–Trinajstić information content (AvgIpc) is 2.28. The van der Waals surface area contributed by atoms with Crippen LogP contribution in [0.5, 0.6) is 5.75 Å². The maximum absolute atomic E-state index is 7.27. The maximum Gasteiger partial charge on any atom is 0.141 e. The van der Waals surface area contributed by atoms with Gasteiger partial charge in [-0.1, -0.05) is 0 Å². The molecule has 1 aromatic rings. The van der Waals surface area contributed by atoms with Gasteiger partial charge >= 0.3 is 0 Å². The summed E-state index contributed by atoms with van der Waals surface area (Å²) in [6, 6.07) is 3.50. The number of rotatable bonds is 3. The molecule has 98 valence electrons. The Kier molecular flexibility index (Phi) is 3.81. The number of pyridine rings is 1. The van der Waals surface area contributed by atoms with E-state index in [1.165, 1.54) is 0 Å². The number of amidine groups is 1. The third kappa shape index (κ3) is 3.20. The summed E-state index contributed by atoms with van der Waals surface area (Å²) in [4.78, 5) is 4.08. The molecule has 3 N–H and O–H groups in total. The van der Waals surface area contributed by atoms with E-state index in [4.69, 9.17) is 20.6 Å². The van der Waals surface area contributed by atoms with Gasteiger partial charge in [0.2, 0.25) is 0 Å². The predicted molar refractivity (Wildman–Crippen MR) is 68.9 cm³/mol. The summed E-state index contributed by atoms with van der Waals surface area (Å²) in [5, 5.41) is 7.27. The van der Waals surface area contributed by atoms with Gasteiger partial charge in [0.25, 0.3) is 0 Å². The van der Waals surface area contributed by atoms with Crippen LogP contribution in [0.2, 0.25) is 0 Å². The lowest BCUT2D eigenvalue weighted by Gasteiger charge is -2.32. The molecule has 5 heteroatoms. The van der Waals surface area contributed by atoms with E-state index < -0.39 is 0 Å². The van der Waals surface area contributed by atoms with Crippen molar-refractivity contribution in [2.75, 3.05) is 0 Å². The van der Waals surface area contributed by atoms with Gasteiger partial charge in [-0.25, -0.2) is 4.98 Å². The number of nitrogens with zero attached hydrogens (tertiary/aromatic N) is 1. The minimum Gasteiger partial charge on any atom is -0.489 e. The average molecular weight is 249 g/mol. The zero-order chi connectivity index (χ0) is 13.1. The summed E-state index contributed by atoms with van der Waals surface area (Å²) in [6.45, 7) is 4.12. The highest BCUT2D eigenvalue weighted by molar-refractivity contribution is 5.92. The number of hydrogen-bond donors (Lipinski definition) is 2. The van der Waals surface area contributed by atoms with Crippen LogP contribution < -0.4 is 10.5 Å². The van der Waals surface area contributed by atoms with E-state index in [2.05, 4.69) is 18.8 Å². The van der Waals surface area contributed by atoms with E-state index in [1.807, 2.05) is 0 Å². The molecule has 0 saturated carbocycles. The lowest BCUT2D eigenvalue weighted by atomic mass is 10.0. The van der Waals surface area contributed by atoms with Gasteiger partial charge in [0.1, 0.15) is 23.4 Å². The monoisotopic (exact) mass is 249 g/mol. The second-order valence-electron chi connectivity index (χ2n) is 4.76. The lowest BCUT2D eigenvalue weighted by Crippen LogP contribution is -2.35. The normalized spacial score (nSPS) is 27.8. The highest BCUT2D eigenvalue weighted by Crippen LogP contribution is 2.23. The van der Waals surface area contributed by atoms with Crippen LogP contribution in [0.4, 0.5) is 0 Å². The summed E-state index contributed by atoms with van der Waals surface area (Å²) in [6.07, 6.45) is 4.00. The lowest BCUT2D eigenvalue weighted by molar-refractivity contribution is -0.0722. The van der Waals surface area contributed by atoms with Crippen molar-refractivity contribution < 1.29 is 9.47 Å². The Hall–Kier alpha value is -1.62. The molecule has 0 aliphatic carbocycles. The molecule has 0 amide bonds. The fourth-order valence-electron chi connectivity index (χ4n) is 2.24. The number of ether oxygens (including phenoxy) is 2. The number of aromatic nitrogens is 1. The Morgan fingerprint density at radius 1 is 1.39 bits per heavy atom. The van der Waals surface area contributed by atoms with Crippen molar-refractivity contribution in [2.45, 2.75) is 45.0 Å². The fourth-order valence-corrected chi connectivity index (χ4v) is 2.24. The van der Waals surface area contributed by atoms with Crippen molar-refractivity contribution in [3.8, 4) is 5.75 Å². The van der Waals surface area contributed by atoms with Crippen LogP contribution >= 0.6 is 0 Å². The Bertz CT molecular complexity index is 409. The molecule has 2 heterocycles. The zero-order valence-electron chi connectivity index (χ0n) is 10.7. The third-order valence-corrected chi connectivity index (χ3v) is 2.97. The summed E-state index contributed by atoms with van der Waals surface area (Å²) >= 11 is 0. The van der Waals surface area contributed by atoms with Gasteiger partial charge < -0.3 is 15.2 Å². The summed E-state index contributed by atoms with van der Waals surface area (Å²) in [5.74, 6) is 0.682. The minimum atomic E-state index is -0.0325. The van der Waals surface area contributed by atoms with Crippen molar-refractivity contribution >= 4 is 5.84 Å². The first-order valence-corrected chi connectivity index (χ1v) is 6.17. The summed E-state index contributed by atoms with van der Waals surface area (Å²) in [7, 11) is 0. The van der Waals surface area contributed by atoms with Crippen molar-refractivity contribution in [1.29, 1.82) is 5.41 Å². The SMILES string of the molecule is CC1CC(Oc2ccc(C(=N)N)nc2)CC(C)O1. The van der Waals surface area contributed by atoms with E-state index in [0.717, 1.165) is 12.8 Å². The third-order valence-electron chi connectivity index (χ3n) is 2.97. The van der Waals surface area contributed by atoms with Crippen LogP contribution in [0, 0.1) is 5.41 Å². The maximum atomic E-state index is 7.27. The highest BCUT2D eigenvalue weighted by atomic mass is 16.5. The fraction of sp³-hybridized carbons (Fsp3) is 0.538. The molecule has 1 aliphatic rings. The Balaban J connectivity index is 1.98. The van der Waals surface area contributed by atoms with Gasteiger partial charge in [0.15, 0.2) is 0 Å². The topological polar surface area (TPSA) is 81.2 Å². The Labute approximate surface area is 107 Å². The molecule has 0 spiro atoms. The molecule has 18 heavy (non-hydrogen) atoms. The van der Waals surface area contributed by atoms with E-state index in [0.29, 0.717) is 11.4 Å². The van der Waals surface area contributed by atoms with E-state index in [-0.39, 0.29) is 24.1 Å². The zero-order valence-corrected chi connectivity index (χ0v) is 10.7. The van der Waals surface area contributed by atoms with Gasteiger partial charge in [0, 0.05) is 12.8 Å². The summed E-state index contributed by atoms with van der Waals surface area (Å²) in [5.41, 5.74) is 5.82.